The third-order valence-corrected chi connectivity index (χ3v) is 6.79. The maximum absolute atomic E-state index is 13.6. The van der Waals surface area contributed by atoms with E-state index in [1.54, 1.807) is 23.5 Å². The fourth-order valence-electron chi connectivity index (χ4n) is 4.89. The number of nitrogens with zero attached hydrogens (tertiary/aromatic N) is 3. The SMILES string of the molecule is CCCN1C(=O)c2c(C(=O)NCc3cccc(OC)c3)ncn2C[C@@]1(C)C(=O)NC1CCCC1. The highest BCUT2D eigenvalue weighted by Crippen LogP contribution is 2.30. The van der Waals surface area contributed by atoms with Gasteiger partial charge in [-0.05, 0) is 43.9 Å². The number of hydrogen-bond acceptors (Lipinski definition) is 5. The molecule has 0 saturated heterocycles. The van der Waals surface area contributed by atoms with Crippen LogP contribution < -0.4 is 15.4 Å². The molecule has 2 N–H and O–H groups in total. The average Bonchev–Trinajstić information content (AvgIpc) is 3.50. The molecule has 1 fully saturated rings. The quantitative estimate of drug-likeness (QED) is 0.621. The fraction of sp³-hybridized carbons (Fsp3) is 0.520. The summed E-state index contributed by atoms with van der Waals surface area (Å²) in [4.78, 5) is 45.8. The standard InChI is InChI=1S/C25H33N5O4/c1-4-12-30-23(32)21-20(22(31)26-14-17-8-7-11-19(13-17)34-3)27-16-29(21)15-25(30,2)24(33)28-18-9-5-6-10-18/h7-8,11,13,16,18H,4-6,9-10,12,14-15H2,1-3H3,(H,26,31)(H,28,33)/t25-/m0/s1. The third kappa shape index (κ3) is 4.51. The number of imidazole rings is 1. The molecule has 1 aromatic heterocycles. The largest absolute Gasteiger partial charge is 0.497 e. The second-order valence-electron chi connectivity index (χ2n) is 9.29. The molecule has 2 aliphatic rings. The van der Waals surface area contributed by atoms with Crippen LogP contribution in [0.2, 0.25) is 0 Å². The van der Waals surface area contributed by atoms with Crippen LogP contribution in [0.15, 0.2) is 30.6 Å². The maximum Gasteiger partial charge on any atom is 0.273 e. The van der Waals surface area contributed by atoms with Gasteiger partial charge in [-0.2, -0.15) is 0 Å². The molecule has 1 aliphatic carbocycles. The highest BCUT2D eigenvalue weighted by Gasteiger charge is 2.48. The first kappa shape index (κ1) is 23.8. The molecule has 1 aromatic carbocycles. The van der Waals surface area contributed by atoms with E-state index >= 15 is 0 Å². The zero-order valence-corrected chi connectivity index (χ0v) is 20.1. The molecular weight excluding hydrogens is 434 g/mol. The lowest BCUT2D eigenvalue weighted by atomic mass is 9.93. The van der Waals surface area contributed by atoms with Gasteiger partial charge in [-0.3, -0.25) is 14.4 Å². The van der Waals surface area contributed by atoms with Gasteiger partial charge in [0.1, 0.15) is 17.0 Å². The average molecular weight is 468 g/mol. The summed E-state index contributed by atoms with van der Waals surface area (Å²) >= 11 is 0. The van der Waals surface area contributed by atoms with Crippen molar-refractivity contribution in [1.29, 1.82) is 0 Å². The zero-order valence-electron chi connectivity index (χ0n) is 20.1. The molecule has 4 rings (SSSR count). The summed E-state index contributed by atoms with van der Waals surface area (Å²) in [7, 11) is 1.59. The minimum Gasteiger partial charge on any atom is -0.497 e. The van der Waals surface area contributed by atoms with Gasteiger partial charge in [-0.25, -0.2) is 4.98 Å². The number of nitrogens with one attached hydrogen (secondary N) is 2. The second-order valence-corrected chi connectivity index (χ2v) is 9.29. The van der Waals surface area contributed by atoms with Crippen molar-refractivity contribution in [2.24, 2.45) is 0 Å². The van der Waals surface area contributed by atoms with Gasteiger partial charge in [0.2, 0.25) is 5.91 Å². The lowest BCUT2D eigenvalue weighted by Gasteiger charge is -2.44. The lowest BCUT2D eigenvalue weighted by Crippen LogP contribution is -2.65. The molecule has 1 atom stereocenters. The number of hydrogen-bond donors (Lipinski definition) is 2. The van der Waals surface area contributed by atoms with Crippen molar-refractivity contribution in [3.8, 4) is 5.75 Å². The van der Waals surface area contributed by atoms with Crippen LogP contribution in [0.5, 0.6) is 5.75 Å². The van der Waals surface area contributed by atoms with E-state index in [0.717, 1.165) is 31.2 Å². The predicted molar refractivity (Wildman–Crippen MR) is 127 cm³/mol. The molecular formula is C25H33N5O4. The number of aromatic nitrogens is 2. The summed E-state index contributed by atoms with van der Waals surface area (Å²) in [5, 5.41) is 5.99. The maximum atomic E-state index is 13.6. The fourth-order valence-corrected chi connectivity index (χ4v) is 4.89. The van der Waals surface area contributed by atoms with E-state index in [1.165, 1.54) is 6.33 Å². The van der Waals surface area contributed by atoms with E-state index in [9.17, 15) is 14.4 Å². The molecule has 182 valence electrons. The topological polar surface area (TPSA) is 106 Å². The van der Waals surface area contributed by atoms with Gasteiger partial charge >= 0.3 is 0 Å². The van der Waals surface area contributed by atoms with Crippen LogP contribution in [0, 0.1) is 0 Å². The monoisotopic (exact) mass is 467 g/mol. The molecule has 1 saturated carbocycles. The molecule has 2 aromatic rings. The minimum absolute atomic E-state index is 0.0762. The van der Waals surface area contributed by atoms with Crippen LogP contribution in [0.4, 0.5) is 0 Å². The number of methoxy groups -OCH3 is 1. The Bertz CT molecular complexity index is 1080. The molecule has 3 amide bonds. The highest BCUT2D eigenvalue weighted by atomic mass is 16.5. The predicted octanol–water partition coefficient (Wildman–Crippen LogP) is 2.51. The summed E-state index contributed by atoms with van der Waals surface area (Å²) in [6.07, 6.45) is 6.34. The Labute approximate surface area is 199 Å². The molecule has 1 aliphatic heterocycles. The molecule has 9 nitrogen and oxygen atoms in total. The van der Waals surface area contributed by atoms with Crippen LogP contribution in [0.3, 0.4) is 0 Å². The van der Waals surface area contributed by atoms with Crippen molar-refractivity contribution in [1.82, 2.24) is 25.1 Å². The first-order chi connectivity index (χ1) is 16.4. The molecule has 0 radical (unpaired) electrons. The van der Waals surface area contributed by atoms with Crippen LogP contribution in [-0.4, -0.2) is 57.4 Å². The van der Waals surface area contributed by atoms with Gasteiger partial charge in [0, 0.05) is 19.1 Å². The van der Waals surface area contributed by atoms with Gasteiger partial charge in [-0.15, -0.1) is 0 Å². The van der Waals surface area contributed by atoms with E-state index in [2.05, 4.69) is 15.6 Å². The molecule has 9 heteroatoms. The molecule has 0 bridgehead atoms. The van der Waals surface area contributed by atoms with E-state index < -0.39 is 11.4 Å². The normalized spacial score (nSPS) is 20.2. The van der Waals surface area contributed by atoms with Gasteiger partial charge in [0.15, 0.2) is 5.69 Å². The number of ether oxygens (including phenoxy) is 1. The van der Waals surface area contributed by atoms with Gasteiger partial charge in [0.05, 0.1) is 20.0 Å². The smallest absolute Gasteiger partial charge is 0.273 e. The number of amides is 3. The highest BCUT2D eigenvalue weighted by molar-refractivity contribution is 6.07. The first-order valence-electron chi connectivity index (χ1n) is 12.0. The Hall–Kier alpha value is -3.36. The van der Waals surface area contributed by atoms with Gasteiger partial charge in [-0.1, -0.05) is 31.9 Å². The molecule has 0 spiro atoms. The Morgan fingerprint density at radius 1 is 1.26 bits per heavy atom. The van der Waals surface area contributed by atoms with Crippen molar-refractivity contribution >= 4 is 17.7 Å². The Balaban J connectivity index is 1.55. The third-order valence-electron chi connectivity index (χ3n) is 6.79. The lowest BCUT2D eigenvalue weighted by molar-refractivity contribution is -0.133. The summed E-state index contributed by atoms with van der Waals surface area (Å²) < 4.78 is 6.87. The van der Waals surface area contributed by atoms with Crippen LogP contribution in [-0.2, 0) is 17.9 Å². The summed E-state index contributed by atoms with van der Waals surface area (Å²) in [6, 6.07) is 7.56. The number of rotatable bonds is 8. The first-order valence-corrected chi connectivity index (χ1v) is 12.0. The summed E-state index contributed by atoms with van der Waals surface area (Å²) in [6.45, 7) is 4.72. The van der Waals surface area contributed by atoms with Crippen LogP contribution in [0.25, 0.3) is 0 Å². The molecule has 2 heterocycles. The van der Waals surface area contributed by atoms with E-state index in [1.807, 2.05) is 31.2 Å². The van der Waals surface area contributed by atoms with Crippen molar-refractivity contribution in [2.75, 3.05) is 13.7 Å². The van der Waals surface area contributed by atoms with E-state index in [0.29, 0.717) is 18.7 Å². The van der Waals surface area contributed by atoms with Gasteiger partial charge < -0.3 is 24.8 Å². The molecule has 34 heavy (non-hydrogen) atoms. The Morgan fingerprint density at radius 3 is 2.74 bits per heavy atom. The summed E-state index contributed by atoms with van der Waals surface area (Å²) in [5.74, 6) is -0.224. The van der Waals surface area contributed by atoms with E-state index in [4.69, 9.17) is 4.74 Å². The second kappa shape index (κ2) is 9.87. The number of carbonyl (C=O) groups excluding carboxylic acids is 3. The van der Waals surface area contributed by atoms with Crippen molar-refractivity contribution in [3.05, 3.63) is 47.5 Å². The number of benzene rings is 1. The van der Waals surface area contributed by atoms with E-state index in [-0.39, 0.29) is 42.3 Å². The van der Waals surface area contributed by atoms with Gasteiger partial charge in [0.25, 0.3) is 11.8 Å². The molecule has 0 unspecified atom stereocenters. The van der Waals surface area contributed by atoms with Crippen molar-refractivity contribution < 1.29 is 19.1 Å². The Morgan fingerprint density at radius 2 is 2.03 bits per heavy atom. The van der Waals surface area contributed by atoms with Crippen LogP contribution >= 0.6 is 0 Å². The summed E-state index contributed by atoms with van der Waals surface area (Å²) in [5.41, 5.74) is 0.128. The minimum atomic E-state index is -1.04. The van der Waals surface area contributed by atoms with Crippen molar-refractivity contribution in [3.63, 3.8) is 0 Å². The zero-order chi connectivity index (χ0) is 24.3. The van der Waals surface area contributed by atoms with Crippen molar-refractivity contribution in [2.45, 2.75) is 70.6 Å². The Kier molecular flexibility index (Phi) is 6.90. The number of carbonyl (C=O) groups is 3. The van der Waals surface area contributed by atoms with Crippen LogP contribution in [0.1, 0.15) is 72.5 Å². The number of fused-ring (bicyclic) bond motifs is 1.